The van der Waals surface area contributed by atoms with Crippen molar-refractivity contribution < 1.29 is 9.90 Å². The molecule has 5 nitrogen and oxygen atoms in total. The van der Waals surface area contributed by atoms with Gasteiger partial charge in [0.25, 0.3) is 0 Å². The third kappa shape index (κ3) is 2.30. The zero-order valence-corrected chi connectivity index (χ0v) is 11.7. The molecule has 0 amide bonds. The van der Waals surface area contributed by atoms with Crippen molar-refractivity contribution in [2.75, 3.05) is 0 Å². The molecule has 2 aromatic heterocycles. The Morgan fingerprint density at radius 2 is 2.20 bits per heavy atom. The molecule has 2 heterocycles. The summed E-state index contributed by atoms with van der Waals surface area (Å²) in [6, 6.07) is 7.87. The minimum atomic E-state index is -0.785. The van der Waals surface area contributed by atoms with Crippen LogP contribution in [0, 0.1) is 6.92 Å². The average molecular weight is 287 g/mol. The van der Waals surface area contributed by atoms with Gasteiger partial charge in [-0.05, 0) is 25.5 Å². The van der Waals surface area contributed by atoms with E-state index in [0.717, 1.165) is 26.7 Å². The number of para-hydroxylation sites is 2. The molecule has 1 aromatic carbocycles. The van der Waals surface area contributed by atoms with Gasteiger partial charge in [-0.25, -0.2) is 9.97 Å². The standard InChI is InChI=1S/C14H13N3O2S/c1-9-12(6-7-13(18)19)20-14(16-9)17-8-15-10-4-2-3-5-11(10)17/h2-5,8H,6-7H2,1H3,(H,18,19). The molecule has 3 aromatic rings. The smallest absolute Gasteiger partial charge is 0.303 e. The fourth-order valence-corrected chi connectivity index (χ4v) is 3.12. The lowest BCUT2D eigenvalue weighted by Gasteiger charge is -1.97. The van der Waals surface area contributed by atoms with Crippen LogP contribution in [0.25, 0.3) is 16.2 Å². The van der Waals surface area contributed by atoms with Gasteiger partial charge in [0, 0.05) is 4.88 Å². The first kappa shape index (κ1) is 12.8. The van der Waals surface area contributed by atoms with E-state index in [0.29, 0.717) is 6.42 Å². The summed E-state index contributed by atoms with van der Waals surface area (Å²) in [6.45, 7) is 1.91. The minimum Gasteiger partial charge on any atom is -0.481 e. The highest BCUT2D eigenvalue weighted by Crippen LogP contribution is 2.25. The Balaban J connectivity index is 1.98. The topological polar surface area (TPSA) is 68.0 Å². The third-order valence-electron chi connectivity index (χ3n) is 3.11. The first-order valence-electron chi connectivity index (χ1n) is 6.25. The van der Waals surface area contributed by atoms with Crippen molar-refractivity contribution in [1.82, 2.24) is 14.5 Å². The molecule has 102 valence electrons. The summed E-state index contributed by atoms with van der Waals surface area (Å²) in [5.41, 5.74) is 2.82. The fraction of sp³-hybridized carbons (Fsp3) is 0.214. The number of hydrogen-bond donors (Lipinski definition) is 1. The number of aromatic nitrogens is 3. The monoisotopic (exact) mass is 287 g/mol. The SMILES string of the molecule is Cc1nc(-n2cnc3ccccc32)sc1CCC(=O)O. The second-order valence-electron chi connectivity index (χ2n) is 4.50. The lowest BCUT2D eigenvalue weighted by atomic mass is 10.2. The number of carboxylic acid groups (broad SMARTS) is 1. The van der Waals surface area contributed by atoms with E-state index in [1.807, 2.05) is 35.8 Å². The van der Waals surface area contributed by atoms with Crippen LogP contribution < -0.4 is 0 Å². The number of thiazole rings is 1. The van der Waals surface area contributed by atoms with Gasteiger partial charge in [-0.3, -0.25) is 9.36 Å². The maximum absolute atomic E-state index is 10.7. The Bertz CT molecular complexity index is 776. The number of hydrogen-bond acceptors (Lipinski definition) is 4. The molecule has 0 saturated heterocycles. The van der Waals surface area contributed by atoms with Crippen LogP contribution >= 0.6 is 11.3 Å². The minimum absolute atomic E-state index is 0.132. The van der Waals surface area contributed by atoms with Crippen LogP contribution in [0.4, 0.5) is 0 Å². The van der Waals surface area contributed by atoms with E-state index in [9.17, 15) is 4.79 Å². The zero-order valence-electron chi connectivity index (χ0n) is 10.9. The molecule has 0 atom stereocenters. The van der Waals surface area contributed by atoms with Gasteiger partial charge in [0.15, 0.2) is 5.13 Å². The Labute approximate surface area is 119 Å². The molecule has 0 aliphatic rings. The second kappa shape index (κ2) is 5.05. The molecule has 0 aliphatic carbocycles. The molecule has 0 radical (unpaired) electrons. The Hall–Kier alpha value is -2.21. The normalized spacial score (nSPS) is 11.1. The average Bonchev–Trinajstić information content (AvgIpc) is 3.00. The molecule has 20 heavy (non-hydrogen) atoms. The number of aliphatic carboxylic acids is 1. The summed E-state index contributed by atoms with van der Waals surface area (Å²) in [4.78, 5) is 20.6. The lowest BCUT2D eigenvalue weighted by molar-refractivity contribution is -0.136. The van der Waals surface area contributed by atoms with E-state index >= 15 is 0 Å². The Morgan fingerprint density at radius 3 is 3.00 bits per heavy atom. The quantitative estimate of drug-likeness (QED) is 0.801. The number of imidazole rings is 1. The van der Waals surface area contributed by atoms with Crippen molar-refractivity contribution in [3.63, 3.8) is 0 Å². The predicted octanol–water partition coefficient (Wildman–Crippen LogP) is 2.81. The first-order chi connectivity index (χ1) is 9.65. The summed E-state index contributed by atoms with van der Waals surface area (Å²) < 4.78 is 1.94. The van der Waals surface area contributed by atoms with Crippen molar-refractivity contribution >= 4 is 28.3 Å². The van der Waals surface area contributed by atoms with Crippen LogP contribution in [-0.2, 0) is 11.2 Å². The molecule has 0 spiro atoms. The molecular formula is C14H13N3O2S. The zero-order chi connectivity index (χ0) is 14.1. The van der Waals surface area contributed by atoms with Crippen molar-refractivity contribution in [2.45, 2.75) is 19.8 Å². The highest BCUT2D eigenvalue weighted by atomic mass is 32.1. The van der Waals surface area contributed by atoms with Gasteiger partial charge in [-0.1, -0.05) is 12.1 Å². The molecule has 3 rings (SSSR count). The van der Waals surface area contributed by atoms with E-state index in [1.165, 1.54) is 11.3 Å². The molecule has 0 aliphatic heterocycles. The molecule has 0 saturated carbocycles. The predicted molar refractivity (Wildman–Crippen MR) is 77.4 cm³/mol. The van der Waals surface area contributed by atoms with Gasteiger partial charge in [0.05, 0.1) is 23.1 Å². The van der Waals surface area contributed by atoms with Gasteiger partial charge >= 0.3 is 5.97 Å². The molecule has 0 bridgehead atoms. The first-order valence-corrected chi connectivity index (χ1v) is 7.07. The van der Waals surface area contributed by atoms with E-state index in [1.54, 1.807) is 6.33 Å². The van der Waals surface area contributed by atoms with Crippen LogP contribution in [0.1, 0.15) is 17.0 Å². The van der Waals surface area contributed by atoms with Crippen molar-refractivity contribution in [1.29, 1.82) is 0 Å². The van der Waals surface area contributed by atoms with Gasteiger partial charge in [0.1, 0.15) is 6.33 Å². The van der Waals surface area contributed by atoms with Crippen molar-refractivity contribution in [3.05, 3.63) is 41.2 Å². The van der Waals surface area contributed by atoms with Crippen molar-refractivity contribution in [3.8, 4) is 5.13 Å². The van der Waals surface area contributed by atoms with E-state index in [4.69, 9.17) is 5.11 Å². The highest BCUT2D eigenvalue weighted by Gasteiger charge is 2.12. The maximum atomic E-state index is 10.7. The van der Waals surface area contributed by atoms with Gasteiger partial charge in [-0.2, -0.15) is 0 Å². The Kier molecular flexibility index (Phi) is 3.23. The summed E-state index contributed by atoms with van der Waals surface area (Å²) in [6.07, 6.45) is 2.41. The lowest BCUT2D eigenvalue weighted by Crippen LogP contribution is -1.96. The van der Waals surface area contributed by atoms with Crippen LogP contribution in [0.15, 0.2) is 30.6 Å². The van der Waals surface area contributed by atoms with Gasteiger partial charge in [0.2, 0.25) is 0 Å². The molecular weight excluding hydrogens is 274 g/mol. The second-order valence-corrected chi connectivity index (χ2v) is 5.56. The molecule has 0 fully saturated rings. The largest absolute Gasteiger partial charge is 0.481 e. The summed E-state index contributed by atoms with van der Waals surface area (Å²) >= 11 is 1.52. The van der Waals surface area contributed by atoms with Crippen LogP contribution in [0.3, 0.4) is 0 Å². The number of carboxylic acids is 1. The summed E-state index contributed by atoms with van der Waals surface area (Å²) in [7, 11) is 0. The molecule has 1 N–H and O–H groups in total. The number of aryl methyl sites for hydroxylation is 2. The van der Waals surface area contributed by atoms with E-state index in [2.05, 4.69) is 9.97 Å². The maximum Gasteiger partial charge on any atom is 0.303 e. The van der Waals surface area contributed by atoms with E-state index in [-0.39, 0.29) is 6.42 Å². The highest BCUT2D eigenvalue weighted by molar-refractivity contribution is 7.14. The number of benzene rings is 1. The van der Waals surface area contributed by atoms with Crippen LogP contribution in [0.2, 0.25) is 0 Å². The van der Waals surface area contributed by atoms with Gasteiger partial charge in [-0.15, -0.1) is 11.3 Å². The summed E-state index contributed by atoms with van der Waals surface area (Å²) in [5, 5.41) is 9.60. The fourth-order valence-electron chi connectivity index (χ4n) is 2.08. The Morgan fingerprint density at radius 1 is 1.40 bits per heavy atom. The number of fused-ring (bicyclic) bond motifs is 1. The number of carbonyl (C=O) groups is 1. The van der Waals surface area contributed by atoms with E-state index < -0.39 is 5.97 Å². The van der Waals surface area contributed by atoms with Crippen LogP contribution in [0.5, 0.6) is 0 Å². The number of rotatable bonds is 4. The third-order valence-corrected chi connectivity index (χ3v) is 4.32. The van der Waals surface area contributed by atoms with Crippen LogP contribution in [-0.4, -0.2) is 25.6 Å². The van der Waals surface area contributed by atoms with Gasteiger partial charge < -0.3 is 5.11 Å². The molecule has 6 heteroatoms. The van der Waals surface area contributed by atoms with Crippen molar-refractivity contribution in [2.24, 2.45) is 0 Å². The molecule has 0 unspecified atom stereocenters. The summed E-state index contributed by atoms with van der Waals surface area (Å²) in [5.74, 6) is -0.785. The number of nitrogens with zero attached hydrogens (tertiary/aromatic N) is 3.